The highest BCUT2D eigenvalue weighted by Crippen LogP contribution is 2.30. The number of aromatic nitrogens is 4. The van der Waals surface area contributed by atoms with E-state index in [0.717, 1.165) is 11.1 Å². The van der Waals surface area contributed by atoms with Crippen molar-refractivity contribution in [2.24, 2.45) is 0 Å². The van der Waals surface area contributed by atoms with E-state index in [9.17, 15) is 9.59 Å². The number of thiazole rings is 2. The molecule has 0 aliphatic rings. The summed E-state index contributed by atoms with van der Waals surface area (Å²) in [6, 6.07) is 12.5. The van der Waals surface area contributed by atoms with E-state index in [0.29, 0.717) is 58.9 Å². The van der Waals surface area contributed by atoms with Crippen LogP contribution in [0.5, 0.6) is 0 Å². The Morgan fingerprint density at radius 2 is 1.15 bits per heavy atom. The van der Waals surface area contributed by atoms with E-state index < -0.39 is 0 Å². The van der Waals surface area contributed by atoms with Gasteiger partial charge in [0.1, 0.15) is 27.2 Å². The molecule has 0 aliphatic carbocycles. The molecule has 0 unspecified atom stereocenters. The zero-order chi connectivity index (χ0) is 29.1. The molecule has 0 aliphatic heterocycles. The molecule has 0 bridgehead atoms. The Kier molecular flexibility index (Phi) is 8.45. The number of para-hydroxylation sites is 2. The van der Waals surface area contributed by atoms with Gasteiger partial charge < -0.3 is 21.3 Å². The third kappa shape index (κ3) is 6.80. The van der Waals surface area contributed by atoms with E-state index >= 15 is 0 Å². The van der Waals surface area contributed by atoms with E-state index in [1.54, 1.807) is 25.1 Å². The predicted molar refractivity (Wildman–Crippen MR) is 166 cm³/mol. The Balaban J connectivity index is 1.25. The zero-order valence-electron chi connectivity index (χ0n) is 21.9. The lowest BCUT2D eigenvalue weighted by atomic mass is 10.2. The molecule has 5 aromatic rings. The Morgan fingerprint density at radius 1 is 0.707 bits per heavy atom. The van der Waals surface area contributed by atoms with E-state index in [2.05, 4.69) is 41.2 Å². The fraction of sp³-hybridized carbons (Fsp3) is 0.111. The molecule has 0 radical (unpaired) electrons. The van der Waals surface area contributed by atoms with Crippen molar-refractivity contribution in [2.75, 3.05) is 21.3 Å². The summed E-state index contributed by atoms with van der Waals surface area (Å²) in [7, 11) is 0. The van der Waals surface area contributed by atoms with Crippen LogP contribution in [-0.2, 0) is 0 Å². The number of rotatable bonds is 8. The maximum absolute atomic E-state index is 12.8. The Labute approximate surface area is 253 Å². The van der Waals surface area contributed by atoms with Gasteiger partial charge in [-0.15, -0.1) is 0 Å². The van der Waals surface area contributed by atoms with Crippen molar-refractivity contribution in [3.8, 4) is 0 Å². The van der Waals surface area contributed by atoms with Crippen LogP contribution < -0.4 is 21.3 Å². The molecule has 0 fully saturated rings. The fourth-order valence-electron chi connectivity index (χ4n) is 3.72. The third-order valence-electron chi connectivity index (χ3n) is 5.69. The minimum atomic E-state index is -0.318. The van der Waals surface area contributed by atoms with E-state index in [-0.39, 0.29) is 11.8 Å². The number of carbonyl (C=O) groups is 2. The van der Waals surface area contributed by atoms with Crippen LogP contribution in [0.2, 0.25) is 10.0 Å². The van der Waals surface area contributed by atoms with E-state index in [1.807, 2.05) is 38.1 Å². The van der Waals surface area contributed by atoms with Gasteiger partial charge in [-0.1, -0.05) is 70.1 Å². The molecule has 3 heterocycles. The number of amides is 2. The van der Waals surface area contributed by atoms with Gasteiger partial charge in [0.25, 0.3) is 11.8 Å². The first kappa shape index (κ1) is 28.4. The molecule has 5 rings (SSSR count). The number of anilines is 6. The first-order valence-corrected chi connectivity index (χ1v) is 14.5. The van der Waals surface area contributed by atoms with Gasteiger partial charge in [-0.25, -0.2) is 19.9 Å². The molecule has 2 amide bonds. The van der Waals surface area contributed by atoms with Crippen molar-refractivity contribution in [1.82, 2.24) is 19.9 Å². The molecule has 0 saturated heterocycles. The molecule has 41 heavy (non-hydrogen) atoms. The number of benzene rings is 2. The van der Waals surface area contributed by atoms with Crippen LogP contribution in [0, 0.1) is 20.8 Å². The second-order valence-electron chi connectivity index (χ2n) is 8.77. The SMILES string of the molecule is Cc1nc(Nc2ncc(C(=O)Nc3c(C)cccc3Cl)s2)cc(Nc2ncc(C(=O)Nc3c(C)cccc3Cl)s2)n1. The quantitative estimate of drug-likeness (QED) is 0.138. The van der Waals surface area contributed by atoms with Gasteiger partial charge in [-0.05, 0) is 44.0 Å². The van der Waals surface area contributed by atoms with Crippen molar-refractivity contribution in [3.63, 3.8) is 0 Å². The largest absolute Gasteiger partial charge is 0.320 e. The summed E-state index contributed by atoms with van der Waals surface area (Å²) < 4.78 is 0. The van der Waals surface area contributed by atoms with Gasteiger partial charge in [0.15, 0.2) is 10.3 Å². The molecule has 4 N–H and O–H groups in total. The summed E-state index contributed by atoms with van der Waals surface area (Å²) in [5.41, 5.74) is 2.83. The standard InChI is InChI=1S/C27H22Cl2N8O2S2/c1-13-6-4-8-16(28)22(13)36-24(38)18-11-30-26(40-18)34-20-10-21(33-15(3)32-20)35-27-31-12-19(41-27)25(39)37-23-14(2)7-5-9-17(23)29/h4-12H,1-3H3,(H,36,38)(H,37,39)(H2,30,31,32,33,34,35). The van der Waals surface area contributed by atoms with Crippen molar-refractivity contribution in [3.05, 3.63) is 91.6 Å². The third-order valence-corrected chi connectivity index (χ3v) is 8.14. The number of aryl methyl sites for hydroxylation is 3. The van der Waals surface area contributed by atoms with E-state index in [4.69, 9.17) is 23.2 Å². The smallest absolute Gasteiger partial charge is 0.267 e. The van der Waals surface area contributed by atoms with Crippen LogP contribution in [0.1, 0.15) is 36.3 Å². The number of hydrogen-bond acceptors (Lipinski definition) is 10. The highest BCUT2D eigenvalue weighted by atomic mass is 35.5. The summed E-state index contributed by atoms with van der Waals surface area (Å²) in [5.74, 6) is 0.784. The average Bonchev–Trinajstić information content (AvgIpc) is 3.58. The molecule has 0 atom stereocenters. The lowest BCUT2D eigenvalue weighted by Gasteiger charge is -2.09. The molecule has 14 heteroatoms. The van der Waals surface area contributed by atoms with Crippen molar-refractivity contribution < 1.29 is 9.59 Å². The van der Waals surface area contributed by atoms with Gasteiger partial charge in [0.2, 0.25) is 0 Å². The van der Waals surface area contributed by atoms with Crippen LogP contribution in [-0.4, -0.2) is 31.8 Å². The highest BCUT2D eigenvalue weighted by molar-refractivity contribution is 7.18. The zero-order valence-corrected chi connectivity index (χ0v) is 25.0. The minimum absolute atomic E-state index is 0.318. The van der Waals surface area contributed by atoms with Crippen LogP contribution in [0.3, 0.4) is 0 Å². The van der Waals surface area contributed by atoms with Crippen molar-refractivity contribution in [1.29, 1.82) is 0 Å². The second-order valence-corrected chi connectivity index (χ2v) is 11.6. The number of nitrogens with one attached hydrogen (secondary N) is 4. The van der Waals surface area contributed by atoms with Crippen molar-refractivity contribution in [2.45, 2.75) is 20.8 Å². The molecular formula is C27H22Cl2N8O2S2. The van der Waals surface area contributed by atoms with Gasteiger partial charge in [0, 0.05) is 6.07 Å². The predicted octanol–water partition coefficient (Wildman–Crippen LogP) is 7.61. The Morgan fingerprint density at radius 3 is 1.56 bits per heavy atom. The van der Waals surface area contributed by atoms with Crippen LogP contribution in [0.15, 0.2) is 54.9 Å². The van der Waals surface area contributed by atoms with Gasteiger partial charge in [-0.3, -0.25) is 9.59 Å². The summed E-state index contributed by atoms with van der Waals surface area (Å²) in [5, 5.41) is 13.8. The average molecular weight is 626 g/mol. The number of carbonyl (C=O) groups excluding carboxylic acids is 2. The van der Waals surface area contributed by atoms with Crippen LogP contribution in [0.4, 0.5) is 33.3 Å². The van der Waals surface area contributed by atoms with Crippen molar-refractivity contribution >= 4 is 91.0 Å². The van der Waals surface area contributed by atoms with E-state index in [1.165, 1.54) is 35.1 Å². The molecule has 2 aromatic carbocycles. The Hall–Kier alpha value is -4.10. The maximum atomic E-state index is 12.8. The second kappa shape index (κ2) is 12.2. The lowest BCUT2D eigenvalue weighted by Crippen LogP contribution is -2.11. The molecule has 10 nitrogen and oxygen atoms in total. The van der Waals surface area contributed by atoms with Gasteiger partial charge in [0.05, 0.1) is 33.8 Å². The normalized spacial score (nSPS) is 10.8. The summed E-state index contributed by atoms with van der Waals surface area (Å²) in [4.78, 5) is 43.8. The summed E-state index contributed by atoms with van der Waals surface area (Å²) in [6.07, 6.45) is 2.96. The highest BCUT2D eigenvalue weighted by Gasteiger charge is 2.16. The first-order chi connectivity index (χ1) is 19.7. The van der Waals surface area contributed by atoms with Crippen LogP contribution >= 0.6 is 45.9 Å². The first-order valence-electron chi connectivity index (χ1n) is 12.1. The number of halogens is 2. The minimum Gasteiger partial charge on any atom is -0.320 e. The lowest BCUT2D eigenvalue weighted by molar-refractivity contribution is 0.102. The summed E-state index contributed by atoms with van der Waals surface area (Å²) in [6.45, 7) is 5.48. The number of hydrogen-bond donors (Lipinski definition) is 4. The molecule has 3 aromatic heterocycles. The molecule has 0 saturated carbocycles. The van der Waals surface area contributed by atoms with Gasteiger partial charge in [-0.2, -0.15) is 0 Å². The summed E-state index contributed by atoms with van der Waals surface area (Å²) >= 11 is 14.8. The molecule has 0 spiro atoms. The van der Waals surface area contributed by atoms with Gasteiger partial charge >= 0.3 is 0 Å². The number of nitrogens with zero attached hydrogens (tertiary/aromatic N) is 4. The Bertz CT molecular complexity index is 1610. The maximum Gasteiger partial charge on any atom is 0.267 e. The van der Waals surface area contributed by atoms with Crippen LogP contribution in [0.25, 0.3) is 0 Å². The fourth-order valence-corrected chi connectivity index (χ4v) is 5.69. The monoisotopic (exact) mass is 624 g/mol. The topological polar surface area (TPSA) is 134 Å². The molecule has 208 valence electrons. The molecular weight excluding hydrogens is 603 g/mol.